The molecule has 2 fully saturated rings. The van der Waals surface area contributed by atoms with Crippen LogP contribution in [-0.2, 0) is 4.74 Å². The number of hydrogen-bond acceptors (Lipinski definition) is 3. The third kappa shape index (κ3) is 4.63. The van der Waals surface area contributed by atoms with Gasteiger partial charge >= 0.3 is 0 Å². The fourth-order valence-electron chi connectivity index (χ4n) is 3.21. The molecule has 2 rings (SSSR count). The van der Waals surface area contributed by atoms with Gasteiger partial charge < -0.3 is 20.3 Å². The first-order valence-corrected chi connectivity index (χ1v) is 7.95. The fraction of sp³-hybridized carbons (Fsp3) is 0.933. The summed E-state index contributed by atoms with van der Waals surface area (Å²) in [5.74, 6) is 2.16. The van der Waals surface area contributed by atoms with E-state index in [2.05, 4.69) is 21.7 Å². The lowest BCUT2D eigenvalue weighted by molar-refractivity contribution is 0.159. The van der Waals surface area contributed by atoms with E-state index >= 15 is 0 Å². The summed E-state index contributed by atoms with van der Waals surface area (Å²) in [7, 11) is 1.76. The van der Waals surface area contributed by atoms with Crippen LogP contribution in [0.4, 0.5) is 0 Å². The van der Waals surface area contributed by atoms with Crippen LogP contribution in [0.1, 0.15) is 26.2 Å². The van der Waals surface area contributed by atoms with Crippen molar-refractivity contribution in [1.29, 1.82) is 0 Å². The fourth-order valence-corrected chi connectivity index (χ4v) is 3.21. The average molecular weight is 282 g/mol. The Balaban J connectivity index is 1.72. The summed E-state index contributed by atoms with van der Waals surface area (Å²) in [5.41, 5.74) is 6.15. The molecule has 0 aliphatic carbocycles. The van der Waals surface area contributed by atoms with Gasteiger partial charge in [-0.2, -0.15) is 0 Å². The zero-order valence-electron chi connectivity index (χ0n) is 13.1. The van der Waals surface area contributed by atoms with Crippen molar-refractivity contribution < 1.29 is 4.74 Å². The number of nitrogens with zero attached hydrogens (tertiary/aromatic N) is 3. The Morgan fingerprint density at radius 1 is 1.30 bits per heavy atom. The summed E-state index contributed by atoms with van der Waals surface area (Å²) < 4.78 is 5.13. The summed E-state index contributed by atoms with van der Waals surface area (Å²) in [4.78, 5) is 9.36. The first-order chi connectivity index (χ1) is 9.69. The van der Waals surface area contributed by atoms with Gasteiger partial charge in [0.25, 0.3) is 0 Å². The lowest BCUT2D eigenvalue weighted by Gasteiger charge is -2.31. The van der Waals surface area contributed by atoms with Crippen LogP contribution in [0.3, 0.4) is 0 Å². The number of methoxy groups -OCH3 is 1. The Bertz CT molecular complexity index is 321. The van der Waals surface area contributed by atoms with Crippen LogP contribution in [0, 0.1) is 11.8 Å². The molecule has 20 heavy (non-hydrogen) atoms. The summed E-state index contributed by atoms with van der Waals surface area (Å²) in [6, 6.07) is 0. The smallest absolute Gasteiger partial charge is 0.191 e. The maximum atomic E-state index is 6.15. The van der Waals surface area contributed by atoms with E-state index < -0.39 is 0 Å². The van der Waals surface area contributed by atoms with Crippen LogP contribution in [0.5, 0.6) is 0 Å². The van der Waals surface area contributed by atoms with Gasteiger partial charge in [0, 0.05) is 39.8 Å². The van der Waals surface area contributed by atoms with Crippen molar-refractivity contribution in [2.75, 3.05) is 53.0 Å². The van der Waals surface area contributed by atoms with E-state index in [1.54, 1.807) is 7.11 Å². The van der Waals surface area contributed by atoms with Gasteiger partial charge in [0.05, 0.1) is 6.61 Å². The molecule has 116 valence electrons. The zero-order chi connectivity index (χ0) is 14.4. The summed E-state index contributed by atoms with van der Waals surface area (Å²) >= 11 is 0. The van der Waals surface area contributed by atoms with Gasteiger partial charge in [-0.25, -0.2) is 0 Å². The molecule has 2 N–H and O–H groups in total. The highest BCUT2D eigenvalue weighted by Crippen LogP contribution is 2.17. The molecule has 2 saturated heterocycles. The largest absolute Gasteiger partial charge is 0.383 e. The minimum absolute atomic E-state index is 0.660. The predicted molar refractivity (Wildman–Crippen MR) is 82.9 cm³/mol. The summed E-state index contributed by atoms with van der Waals surface area (Å²) in [6.07, 6.45) is 3.80. The highest BCUT2D eigenvalue weighted by atomic mass is 16.5. The SMILES string of the molecule is COCCN1CC[C@H](CN=C(N)N2CCC[C@@H](C)C2)C1. The molecular weight excluding hydrogens is 252 g/mol. The molecule has 2 aliphatic rings. The molecule has 2 atom stereocenters. The number of piperidine rings is 1. The van der Waals surface area contributed by atoms with Crippen LogP contribution in [-0.4, -0.2) is 68.7 Å². The van der Waals surface area contributed by atoms with Crippen LogP contribution >= 0.6 is 0 Å². The second kappa shape index (κ2) is 7.84. The summed E-state index contributed by atoms with van der Waals surface area (Å²) in [5, 5.41) is 0. The van der Waals surface area contributed by atoms with Crippen LogP contribution in [0.25, 0.3) is 0 Å². The second-order valence-corrected chi connectivity index (χ2v) is 6.34. The number of rotatable bonds is 5. The van der Waals surface area contributed by atoms with E-state index in [9.17, 15) is 0 Å². The molecule has 0 spiro atoms. The van der Waals surface area contributed by atoms with Crippen molar-refractivity contribution in [1.82, 2.24) is 9.80 Å². The quantitative estimate of drug-likeness (QED) is 0.604. The van der Waals surface area contributed by atoms with Crippen molar-refractivity contribution >= 4 is 5.96 Å². The van der Waals surface area contributed by atoms with Crippen molar-refractivity contribution in [3.63, 3.8) is 0 Å². The first kappa shape index (κ1) is 15.6. The predicted octanol–water partition coefficient (Wildman–Crippen LogP) is 1.00. The van der Waals surface area contributed by atoms with Gasteiger partial charge in [-0.1, -0.05) is 6.92 Å². The third-order valence-corrected chi connectivity index (χ3v) is 4.47. The summed E-state index contributed by atoms with van der Waals surface area (Å²) in [6.45, 7) is 9.48. The molecule has 2 heterocycles. The Labute approximate surface area is 123 Å². The molecule has 0 saturated carbocycles. The van der Waals surface area contributed by atoms with Gasteiger partial charge in [0.1, 0.15) is 0 Å². The minimum Gasteiger partial charge on any atom is -0.383 e. The first-order valence-electron chi connectivity index (χ1n) is 7.95. The number of likely N-dealkylation sites (tertiary alicyclic amines) is 2. The van der Waals surface area contributed by atoms with E-state index in [-0.39, 0.29) is 0 Å². The van der Waals surface area contributed by atoms with Crippen LogP contribution in [0.2, 0.25) is 0 Å². The highest BCUT2D eigenvalue weighted by Gasteiger charge is 2.22. The number of guanidine groups is 1. The van der Waals surface area contributed by atoms with E-state index in [4.69, 9.17) is 10.5 Å². The molecule has 0 unspecified atom stereocenters. The topological polar surface area (TPSA) is 54.1 Å². The molecule has 0 aromatic carbocycles. The van der Waals surface area contributed by atoms with E-state index in [0.717, 1.165) is 51.2 Å². The lowest BCUT2D eigenvalue weighted by Crippen LogP contribution is -2.43. The molecule has 0 bridgehead atoms. The minimum atomic E-state index is 0.660. The number of hydrogen-bond donors (Lipinski definition) is 1. The zero-order valence-corrected chi connectivity index (χ0v) is 13.1. The molecule has 0 aromatic rings. The van der Waals surface area contributed by atoms with Crippen LogP contribution < -0.4 is 5.73 Å². The number of nitrogens with two attached hydrogens (primary N) is 1. The Hall–Kier alpha value is -0.810. The Morgan fingerprint density at radius 2 is 2.15 bits per heavy atom. The molecule has 2 aliphatic heterocycles. The number of aliphatic imine (C=N–C) groups is 1. The van der Waals surface area contributed by atoms with Gasteiger partial charge in [0.15, 0.2) is 5.96 Å². The van der Waals surface area contributed by atoms with Gasteiger partial charge in [-0.05, 0) is 37.6 Å². The maximum absolute atomic E-state index is 6.15. The molecule has 0 radical (unpaired) electrons. The molecule has 0 aromatic heterocycles. The molecular formula is C15H30N4O. The number of ether oxygens (including phenoxy) is 1. The lowest BCUT2D eigenvalue weighted by atomic mass is 10.0. The molecule has 0 amide bonds. The molecule has 5 heteroatoms. The van der Waals surface area contributed by atoms with E-state index in [1.807, 2.05) is 0 Å². The van der Waals surface area contributed by atoms with Crippen LogP contribution in [0.15, 0.2) is 4.99 Å². The second-order valence-electron chi connectivity index (χ2n) is 6.34. The standard InChI is InChI=1S/C15H30N4O/c1-13-4-3-6-19(11-13)15(16)17-10-14-5-7-18(12-14)8-9-20-2/h13-14H,3-12H2,1-2H3,(H2,16,17)/t13-,14-/m1/s1. The van der Waals surface area contributed by atoms with Gasteiger partial charge in [-0.3, -0.25) is 4.99 Å². The van der Waals surface area contributed by atoms with E-state index in [0.29, 0.717) is 5.92 Å². The monoisotopic (exact) mass is 282 g/mol. The normalized spacial score (nSPS) is 29.1. The Kier molecular flexibility index (Phi) is 6.10. The average Bonchev–Trinajstić information content (AvgIpc) is 2.90. The van der Waals surface area contributed by atoms with Crippen molar-refractivity contribution in [2.24, 2.45) is 22.6 Å². The molecule has 5 nitrogen and oxygen atoms in total. The van der Waals surface area contributed by atoms with E-state index in [1.165, 1.54) is 25.8 Å². The third-order valence-electron chi connectivity index (χ3n) is 4.47. The van der Waals surface area contributed by atoms with Crippen molar-refractivity contribution in [2.45, 2.75) is 26.2 Å². The van der Waals surface area contributed by atoms with Gasteiger partial charge in [-0.15, -0.1) is 0 Å². The van der Waals surface area contributed by atoms with Crippen molar-refractivity contribution in [3.05, 3.63) is 0 Å². The maximum Gasteiger partial charge on any atom is 0.191 e. The van der Waals surface area contributed by atoms with Gasteiger partial charge in [0.2, 0.25) is 0 Å². The Morgan fingerprint density at radius 3 is 2.90 bits per heavy atom. The van der Waals surface area contributed by atoms with Crippen molar-refractivity contribution in [3.8, 4) is 0 Å². The highest BCUT2D eigenvalue weighted by molar-refractivity contribution is 5.78.